The summed E-state index contributed by atoms with van der Waals surface area (Å²) in [6.45, 7) is 2.78. The zero-order valence-electron chi connectivity index (χ0n) is 21.6. The second-order valence-electron chi connectivity index (χ2n) is 9.84. The Morgan fingerprint density at radius 3 is 2.58 bits per heavy atom. The lowest BCUT2D eigenvalue weighted by Gasteiger charge is -2.31. The molecule has 38 heavy (non-hydrogen) atoms. The third-order valence-corrected chi connectivity index (χ3v) is 7.26. The second kappa shape index (κ2) is 12.9. The highest BCUT2D eigenvalue weighted by Crippen LogP contribution is 2.30. The molecule has 1 aliphatic carbocycles. The van der Waals surface area contributed by atoms with Crippen LogP contribution in [0.3, 0.4) is 0 Å². The van der Waals surface area contributed by atoms with Crippen LogP contribution in [0.4, 0.5) is 0 Å². The molecule has 1 spiro atoms. The lowest BCUT2D eigenvalue weighted by atomic mass is 9.95. The van der Waals surface area contributed by atoms with Crippen LogP contribution in [0, 0.1) is 0 Å². The van der Waals surface area contributed by atoms with Gasteiger partial charge in [0.25, 0.3) is 0 Å². The van der Waals surface area contributed by atoms with Crippen LogP contribution < -0.4 is 26.0 Å². The van der Waals surface area contributed by atoms with Crippen molar-refractivity contribution in [1.29, 1.82) is 0 Å². The molecule has 2 atom stereocenters. The molecule has 1 saturated carbocycles. The van der Waals surface area contributed by atoms with E-state index in [4.69, 9.17) is 16.3 Å². The molecule has 4 N–H and O–H groups in total. The lowest BCUT2D eigenvalue weighted by Crippen LogP contribution is -2.60. The largest absolute Gasteiger partial charge is 0.492 e. The molecular weight excluding hydrogens is 504 g/mol. The van der Waals surface area contributed by atoms with E-state index in [2.05, 4.69) is 21.3 Å². The Hall–Kier alpha value is -3.36. The number of halogens is 1. The molecule has 1 fully saturated rings. The molecule has 8 nitrogen and oxygen atoms in total. The first kappa shape index (κ1) is 27.7. The summed E-state index contributed by atoms with van der Waals surface area (Å²) in [7, 11) is 0. The van der Waals surface area contributed by atoms with E-state index in [0.29, 0.717) is 31.0 Å². The molecule has 9 heteroatoms. The van der Waals surface area contributed by atoms with Crippen LogP contribution in [0.5, 0.6) is 5.75 Å². The highest BCUT2D eigenvalue weighted by Gasteiger charge is 2.41. The van der Waals surface area contributed by atoms with E-state index in [1.807, 2.05) is 42.5 Å². The fraction of sp³-hybridized carbons (Fsp3) is 0.414. The van der Waals surface area contributed by atoms with Crippen LogP contribution in [0.2, 0.25) is 5.02 Å². The Bertz CT molecular complexity index is 1180. The Labute approximate surface area is 228 Å². The lowest BCUT2D eigenvalue weighted by molar-refractivity contribution is -0.134. The van der Waals surface area contributed by atoms with Crippen molar-refractivity contribution >= 4 is 35.4 Å². The highest BCUT2D eigenvalue weighted by atomic mass is 35.5. The number of para-hydroxylation sites is 1. The molecule has 0 unspecified atom stereocenters. The summed E-state index contributed by atoms with van der Waals surface area (Å²) >= 11 is 6.14. The molecule has 2 aromatic rings. The van der Waals surface area contributed by atoms with Crippen LogP contribution in [-0.4, -0.2) is 55.0 Å². The number of rotatable bonds is 2. The number of amides is 3. The normalized spacial score (nSPS) is 23.7. The maximum absolute atomic E-state index is 13.4. The number of carbonyl (C=O) groups excluding carboxylic acids is 3. The first-order chi connectivity index (χ1) is 18.4. The van der Waals surface area contributed by atoms with E-state index in [-0.39, 0.29) is 24.8 Å². The van der Waals surface area contributed by atoms with Gasteiger partial charge in [-0.1, -0.05) is 66.9 Å². The summed E-state index contributed by atoms with van der Waals surface area (Å²) in [5.74, 6) is -0.246. The van der Waals surface area contributed by atoms with Gasteiger partial charge in [-0.05, 0) is 43.5 Å². The maximum Gasteiger partial charge on any atom is 0.243 e. The van der Waals surface area contributed by atoms with E-state index >= 15 is 0 Å². The average molecular weight is 539 g/mol. The van der Waals surface area contributed by atoms with Gasteiger partial charge in [-0.15, -0.1) is 0 Å². The van der Waals surface area contributed by atoms with Gasteiger partial charge in [-0.3, -0.25) is 19.7 Å². The Balaban J connectivity index is 1.58. The smallest absolute Gasteiger partial charge is 0.243 e. The van der Waals surface area contributed by atoms with Crippen LogP contribution in [-0.2, 0) is 20.8 Å². The Kier molecular flexibility index (Phi) is 9.42. The van der Waals surface area contributed by atoms with Crippen LogP contribution in [0.1, 0.15) is 43.7 Å². The first-order valence-corrected chi connectivity index (χ1v) is 13.5. The summed E-state index contributed by atoms with van der Waals surface area (Å²) in [6.07, 6.45) is 7.22. The van der Waals surface area contributed by atoms with Gasteiger partial charge in [-0.2, -0.15) is 0 Å². The van der Waals surface area contributed by atoms with Gasteiger partial charge in [0.15, 0.2) is 0 Å². The van der Waals surface area contributed by atoms with E-state index in [1.165, 1.54) is 0 Å². The minimum Gasteiger partial charge on any atom is -0.492 e. The monoisotopic (exact) mass is 538 g/mol. The molecule has 2 aromatic carbocycles. The number of hydrogen-bond donors (Lipinski definition) is 4. The molecule has 0 aromatic heterocycles. The molecule has 0 radical (unpaired) electrons. The number of benzene rings is 2. The van der Waals surface area contributed by atoms with Crippen molar-refractivity contribution in [2.45, 2.75) is 56.7 Å². The molecular formula is C29H35ClN4O4. The van der Waals surface area contributed by atoms with Gasteiger partial charge in [-0.25, -0.2) is 0 Å². The number of carbonyl (C=O) groups is 3. The van der Waals surface area contributed by atoms with Crippen molar-refractivity contribution < 1.29 is 19.1 Å². The number of hydrogen-bond acceptors (Lipinski definition) is 5. The van der Waals surface area contributed by atoms with Crippen LogP contribution in [0.15, 0.2) is 54.6 Å². The summed E-state index contributed by atoms with van der Waals surface area (Å²) in [6, 6.07) is 13.2. The standard InChI is InChI=1S/C29H35ClN4O4/c1-20-26(35)34-24(19-21-8-6-11-23(30)18-21)27(36)31-15-7-10-22-9-2-3-12-25(22)38-17-16-32-29(28(37)33-20)13-4-5-14-29/h2-3,6-12,18,20,24,32H,4-5,13-17,19H2,1H3,(H,31,36)(H,33,37)(H,34,35)/b10-7-/t20-,24-/m0/s1. The summed E-state index contributed by atoms with van der Waals surface area (Å²) in [5, 5.41) is 12.5. The van der Waals surface area contributed by atoms with Gasteiger partial charge in [0.05, 0.1) is 5.54 Å². The minimum absolute atomic E-state index is 0.210. The fourth-order valence-electron chi connectivity index (χ4n) is 4.94. The first-order valence-electron chi connectivity index (χ1n) is 13.1. The number of fused-ring (bicyclic) bond motifs is 1. The van der Waals surface area contributed by atoms with Gasteiger partial charge in [0, 0.05) is 30.1 Å². The zero-order valence-corrected chi connectivity index (χ0v) is 22.4. The van der Waals surface area contributed by atoms with Gasteiger partial charge >= 0.3 is 0 Å². The van der Waals surface area contributed by atoms with Crippen molar-refractivity contribution in [3.63, 3.8) is 0 Å². The summed E-state index contributed by atoms with van der Waals surface area (Å²) in [4.78, 5) is 39.6. The van der Waals surface area contributed by atoms with Gasteiger partial charge in [0.2, 0.25) is 17.7 Å². The summed E-state index contributed by atoms with van der Waals surface area (Å²) < 4.78 is 6.02. The maximum atomic E-state index is 13.4. The van der Waals surface area contributed by atoms with E-state index in [0.717, 1.165) is 29.7 Å². The molecule has 0 bridgehead atoms. The third-order valence-electron chi connectivity index (χ3n) is 7.03. The van der Waals surface area contributed by atoms with Crippen molar-refractivity contribution in [1.82, 2.24) is 21.3 Å². The Morgan fingerprint density at radius 1 is 1.00 bits per heavy atom. The Morgan fingerprint density at radius 2 is 1.79 bits per heavy atom. The minimum atomic E-state index is -0.846. The van der Waals surface area contributed by atoms with Crippen molar-refractivity contribution in [3.8, 4) is 5.75 Å². The third kappa shape index (κ3) is 7.14. The molecule has 0 saturated heterocycles. The SMILES string of the molecule is C[C@@H]1NC(=O)C2(CCCC2)NCCOc2ccccc2/C=C\CNC(=O)[C@H](Cc2cccc(Cl)c2)NC1=O. The van der Waals surface area contributed by atoms with Gasteiger partial charge in [0.1, 0.15) is 24.4 Å². The van der Waals surface area contributed by atoms with Crippen molar-refractivity contribution in [2.75, 3.05) is 19.7 Å². The highest BCUT2D eigenvalue weighted by molar-refractivity contribution is 6.30. The van der Waals surface area contributed by atoms with Crippen molar-refractivity contribution in [3.05, 3.63) is 70.8 Å². The van der Waals surface area contributed by atoms with E-state index < -0.39 is 23.5 Å². The number of nitrogens with one attached hydrogen (secondary N) is 4. The van der Waals surface area contributed by atoms with Crippen molar-refractivity contribution in [2.24, 2.45) is 0 Å². The second-order valence-corrected chi connectivity index (χ2v) is 10.3. The topological polar surface area (TPSA) is 109 Å². The predicted octanol–water partition coefficient (Wildman–Crippen LogP) is 3.00. The van der Waals surface area contributed by atoms with E-state index in [1.54, 1.807) is 25.1 Å². The van der Waals surface area contributed by atoms with Crippen LogP contribution in [0.25, 0.3) is 6.08 Å². The average Bonchev–Trinajstić information content (AvgIpc) is 3.39. The molecule has 1 heterocycles. The molecule has 1 aliphatic heterocycles. The van der Waals surface area contributed by atoms with Gasteiger partial charge < -0.3 is 20.7 Å². The number of ether oxygens (including phenoxy) is 1. The fourth-order valence-corrected chi connectivity index (χ4v) is 5.15. The molecule has 3 amide bonds. The molecule has 4 rings (SSSR count). The zero-order chi connectivity index (χ0) is 27.0. The van der Waals surface area contributed by atoms with E-state index in [9.17, 15) is 14.4 Å². The predicted molar refractivity (Wildman–Crippen MR) is 148 cm³/mol. The van der Waals surface area contributed by atoms with Crippen LogP contribution >= 0.6 is 11.6 Å². The quantitative estimate of drug-likeness (QED) is 0.470. The molecule has 2 aliphatic rings. The molecule has 202 valence electrons. The summed E-state index contributed by atoms with van der Waals surface area (Å²) in [5.41, 5.74) is 0.946.